The molecular formula is C15H23N5O14P2. The number of ether oxygens (including phenoxy) is 2. The molecule has 2 aromatic rings. The molecule has 0 amide bonds. The molecule has 2 saturated heterocycles. The molecule has 0 aliphatic carbocycles. The van der Waals surface area contributed by atoms with E-state index in [1.807, 2.05) is 0 Å². The first-order valence-electron chi connectivity index (χ1n) is 10.1. The molecule has 0 aromatic carbocycles. The highest BCUT2D eigenvalue weighted by atomic mass is 31.3. The Morgan fingerprint density at radius 3 is 2.33 bits per heavy atom. The standard InChI is InChI=1S/C15H23N5O14P2/c16-12-7-13(18-3-17-12)20(4-19-7)14-10(24)9(23)6(31-14)2-30-35(26,27)34-36(28,29)33-15-11(25)8(22)5(1-21)32-15/h3-6,8-11,14-15,21-25H,1-2H2,(H,26,27)(H,28,29)(H2,16,17,18)/t5-,6-,8-,9-,10-,11-,14-,15-/m1/s1. The lowest BCUT2D eigenvalue weighted by molar-refractivity contribution is -0.125. The molecule has 4 heterocycles. The van der Waals surface area contributed by atoms with Crippen molar-refractivity contribution in [1.82, 2.24) is 19.5 Å². The van der Waals surface area contributed by atoms with Gasteiger partial charge < -0.3 is 50.5 Å². The lowest BCUT2D eigenvalue weighted by Gasteiger charge is -2.21. The largest absolute Gasteiger partial charge is 0.483 e. The number of phosphoric acid groups is 2. The fraction of sp³-hybridized carbons (Fsp3) is 0.667. The normalized spacial score (nSPS) is 36.2. The van der Waals surface area contributed by atoms with Gasteiger partial charge in [0, 0.05) is 0 Å². The minimum absolute atomic E-state index is 0.0533. The second-order valence-electron chi connectivity index (χ2n) is 7.76. The summed E-state index contributed by atoms with van der Waals surface area (Å²) in [6.07, 6.45) is -10.5. The summed E-state index contributed by atoms with van der Waals surface area (Å²) < 4.78 is 49.1. The Morgan fingerprint density at radius 1 is 0.972 bits per heavy atom. The van der Waals surface area contributed by atoms with E-state index in [1.165, 1.54) is 10.9 Å². The fourth-order valence-corrected chi connectivity index (χ4v) is 5.74. The number of aromatic nitrogens is 4. The molecule has 9 N–H and O–H groups in total. The van der Waals surface area contributed by atoms with Crippen molar-refractivity contribution in [3.63, 3.8) is 0 Å². The molecule has 2 unspecified atom stereocenters. The summed E-state index contributed by atoms with van der Waals surface area (Å²) in [5, 5.41) is 49.1. The maximum atomic E-state index is 12.2. The zero-order valence-electron chi connectivity index (χ0n) is 17.9. The van der Waals surface area contributed by atoms with Gasteiger partial charge in [0.05, 0.1) is 19.5 Å². The summed E-state index contributed by atoms with van der Waals surface area (Å²) in [4.78, 5) is 31.4. The number of nitrogen functional groups attached to an aromatic ring is 1. The average Bonchev–Trinajstić information content (AvgIpc) is 3.43. The number of aliphatic hydroxyl groups is 5. The number of rotatable bonds is 9. The van der Waals surface area contributed by atoms with Crippen LogP contribution in [0.5, 0.6) is 0 Å². The van der Waals surface area contributed by atoms with E-state index in [9.17, 15) is 39.3 Å². The summed E-state index contributed by atoms with van der Waals surface area (Å²) in [7, 11) is -10.8. The number of imidazole rings is 1. The Hall–Kier alpha value is -1.67. The van der Waals surface area contributed by atoms with Crippen LogP contribution in [-0.4, -0.2) is 111 Å². The van der Waals surface area contributed by atoms with Crippen molar-refractivity contribution in [2.45, 2.75) is 49.1 Å². The second-order valence-corrected chi connectivity index (χ2v) is 10.8. The van der Waals surface area contributed by atoms with Crippen LogP contribution >= 0.6 is 15.6 Å². The number of phosphoric ester groups is 2. The van der Waals surface area contributed by atoms with E-state index in [-0.39, 0.29) is 17.0 Å². The molecule has 2 aromatic heterocycles. The van der Waals surface area contributed by atoms with Crippen LogP contribution in [0, 0.1) is 0 Å². The van der Waals surface area contributed by atoms with Crippen molar-refractivity contribution in [3.05, 3.63) is 12.7 Å². The maximum absolute atomic E-state index is 12.2. The molecule has 10 atom stereocenters. The molecule has 36 heavy (non-hydrogen) atoms. The average molecular weight is 559 g/mol. The first kappa shape index (κ1) is 27.4. The summed E-state index contributed by atoms with van der Waals surface area (Å²) in [6.45, 7) is -1.66. The van der Waals surface area contributed by atoms with Crippen LogP contribution in [0.1, 0.15) is 6.23 Å². The molecule has 202 valence electrons. The van der Waals surface area contributed by atoms with Gasteiger partial charge in [-0.25, -0.2) is 24.1 Å². The van der Waals surface area contributed by atoms with Crippen molar-refractivity contribution in [1.29, 1.82) is 0 Å². The predicted molar refractivity (Wildman–Crippen MR) is 111 cm³/mol. The third-order valence-corrected chi connectivity index (χ3v) is 7.94. The Kier molecular flexibility index (Phi) is 7.78. The van der Waals surface area contributed by atoms with Gasteiger partial charge in [-0.15, -0.1) is 0 Å². The van der Waals surface area contributed by atoms with Gasteiger partial charge in [0.15, 0.2) is 24.0 Å². The highest BCUT2D eigenvalue weighted by Gasteiger charge is 2.49. The Labute approximate surface area is 200 Å². The molecule has 2 aliphatic rings. The monoisotopic (exact) mass is 559 g/mol. The van der Waals surface area contributed by atoms with E-state index in [1.54, 1.807) is 0 Å². The van der Waals surface area contributed by atoms with Gasteiger partial charge in [-0.1, -0.05) is 0 Å². The molecule has 2 fully saturated rings. The van der Waals surface area contributed by atoms with Gasteiger partial charge in [0.2, 0.25) is 0 Å². The minimum Gasteiger partial charge on any atom is -0.394 e. The second kappa shape index (κ2) is 10.2. The molecule has 0 saturated carbocycles. The van der Waals surface area contributed by atoms with E-state index >= 15 is 0 Å². The predicted octanol–water partition coefficient (Wildman–Crippen LogP) is -3.28. The number of nitrogens with zero attached hydrogens (tertiary/aromatic N) is 4. The summed E-state index contributed by atoms with van der Waals surface area (Å²) in [5.41, 5.74) is 6.08. The van der Waals surface area contributed by atoms with Crippen LogP contribution in [0.3, 0.4) is 0 Å². The van der Waals surface area contributed by atoms with Gasteiger partial charge in [-0.3, -0.25) is 13.6 Å². The summed E-state index contributed by atoms with van der Waals surface area (Å²) in [5.74, 6) is 0.0533. The molecule has 0 radical (unpaired) electrons. The number of aliphatic hydroxyl groups excluding tert-OH is 5. The lowest BCUT2D eigenvalue weighted by Crippen LogP contribution is -2.34. The topological polar surface area (TPSA) is 292 Å². The van der Waals surface area contributed by atoms with Crippen molar-refractivity contribution in [2.75, 3.05) is 18.9 Å². The Morgan fingerprint density at radius 2 is 1.67 bits per heavy atom. The van der Waals surface area contributed by atoms with Crippen molar-refractivity contribution in [3.8, 4) is 0 Å². The molecule has 19 nitrogen and oxygen atoms in total. The first-order valence-corrected chi connectivity index (χ1v) is 13.1. The molecule has 0 bridgehead atoms. The third-order valence-electron chi connectivity index (χ3n) is 5.34. The number of hydrogen-bond acceptors (Lipinski definition) is 16. The number of anilines is 1. The van der Waals surface area contributed by atoms with Crippen LogP contribution in [0.25, 0.3) is 11.2 Å². The SMILES string of the molecule is Nc1ncnc2c1ncn2[C@@H]1O[C@H](COP(=O)(O)OP(=O)(O)O[C@H]2O[C@H](CO)[C@@H](O)[C@H]2O)[C@@H](O)[C@H]1O. The van der Waals surface area contributed by atoms with Gasteiger partial charge >= 0.3 is 15.6 Å². The van der Waals surface area contributed by atoms with Gasteiger partial charge in [-0.2, -0.15) is 4.31 Å². The molecular weight excluding hydrogens is 536 g/mol. The maximum Gasteiger partial charge on any atom is 0.483 e. The molecule has 2 aliphatic heterocycles. The zero-order valence-corrected chi connectivity index (χ0v) is 19.7. The highest BCUT2D eigenvalue weighted by molar-refractivity contribution is 7.61. The summed E-state index contributed by atoms with van der Waals surface area (Å²) >= 11 is 0. The van der Waals surface area contributed by atoms with E-state index < -0.39 is 78.0 Å². The van der Waals surface area contributed by atoms with Gasteiger partial charge in [-0.05, 0) is 0 Å². The van der Waals surface area contributed by atoms with E-state index in [0.29, 0.717) is 0 Å². The van der Waals surface area contributed by atoms with Crippen LogP contribution in [0.4, 0.5) is 5.82 Å². The number of hydrogen-bond donors (Lipinski definition) is 8. The van der Waals surface area contributed by atoms with E-state index in [2.05, 4.69) is 28.3 Å². The van der Waals surface area contributed by atoms with Gasteiger partial charge in [0.25, 0.3) is 0 Å². The minimum atomic E-state index is -5.44. The Bertz CT molecular complexity index is 1180. The van der Waals surface area contributed by atoms with Gasteiger partial charge in [0.1, 0.15) is 48.5 Å². The van der Waals surface area contributed by atoms with Crippen molar-refractivity contribution < 1.29 is 67.3 Å². The molecule has 0 spiro atoms. The lowest BCUT2D eigenvalue weighted by atomic mass is 10.1. The molecule has 4 rings (SSSR count). The molecule has 21 heteroatoms. The van der Waals surface area contributed by atoms with Crippen LogP contribution in [0.2, 0.25) is 0 Å². The van der Waals surface area contributed by atoms with Crippen molar-refractivity contribution >= 4 is 32.6 Å². The number of fused-ring (bicyclic) bond motifs is 1. The van der Waals surface area contributed by atoms with E-state index in [4.69, 9.17) is 20.3 Å². The third kappa shape index (κ3) is 5.45. The Balaban J connectivity index is 1.37. The quantitative estimate of drug-likeness (QED) is 0.140. The first-order chi connectivity index (χ1) is 16.8. The van der Waals surface area contributed by atoms with Crippen LogP contribution in [-0.2, 0) is 32.0 Å². The summed E-state index contributed by atoms with van der Waals surface area (Å²) in [6, 6.07) is 0. The van der Waals surface area contributed by atoms with Crippen LogP contribution in [0.15, 0.2) is 12.7 Å². The van der Waals surface area contributed by atoms with Crippen LogP contribution < -0.4 is 5.73 Å². The smallest absolute Gasteiger partial charge is 0.394 e. The zero-order chi connectivity index (χ0) is 26.4. The number of nitrogens with two attached hydrogens (primary N) is 1. The van der Waals surface area contributed by atoms with E-state index in [0.717, 1.165) is 6.33 Å². The highest BCUT2D eigenvalue weighted by Crippen LogP contribution is 2.61. The van der Waals surface area contributed by atoms with Crippen molar-refractivity contribution in [2.24, 2.45) is 0 Å². The fourth-order valence-electron chi connectivity index (χ4n) is 3.58.